The predicted molar refractivity (Wildman–Crippen MR) is 80.5 cm³/mol. The highest BCUT2D eigenvalue weighted by molar-refractivity contribution is 7.99. The van der Waals surface area contributed by atoms with Crippen molar-refractivity contribution in [1.82, 2.24) is 5.32 Å². The Bertz CT molecular complexity index is 409. The van der Waals surface area contributed by atoms with Crippen molar-refractivity contribution < 1.29 is 9.47 Å². The largest absolute Gasteiger partial charge is 0.486 e. The van der Waals surface area contributed by atoms with Gasteiger partial charge in [0.15, 0.2) is 11.5 Å². The van der Waals surface area contributed by atoms with Crippen LogP contribution in [0.15, 0.2) is 23.1 Å². The number of benzene rings is 1. The summed E-state index contributed by atoms with van der Waals surface area (Å²) >= 11 is 1.87. The molecule has 1 atom stereocenters. The highest BCUT2D eigenvalue weighted by Crippen LogP contribution is 2.34. The first kappa shape index (κ1) is 14.5. The first-order valence-corrected chi connectivity index (χ1v) is 7.95. The van der Waals surface area contributed by atoms with Gasteiger partial charge in [-0.3, -0.25) is 0 Å². The van der Waals surface area contributed by atoms with Crippen molar-refractivity contribution in [1.29, 1.82) is 0 Å². The van der Waals surface area contributed by atoms with Crippen molar-refractivity contribution in [3.8, 4) is 11.5 Å². The van der Waals surface area contributed by atoms with Crippen molar-refractivity contribution in [3.05, 3.63) is 18.2 Å². The highest BCUT2D eigenvalue weighted by atomic mass is 32.2. The summed E-state index contributed by atoms with van der Waals surface area (Å²) in [5.41, 5.74) is 0. The number of hydrogen-bond acceptors (Lipinski definition) is 4. The van der Waals surface area contributed by atoms with Crippen molar-refractivity contribution in [2.24, 2.45) is 5.92 Å². The maximum Gasteiger partial charge on any atom is 0.162 e. The molecule has 1 N–H and O–H groups in total. The van der Waals surface area contributed by atoms with E-state index in [-0.39, 0.29) is 0 Å². The summed E-state index contributed by atoms with van der Waals surface area (Å²) < 4.78 is 11.1. The zero-order chi connectivity index (χ0) is 13.7. The Morgan fingerprint density at radius 2 is 1.95 bits per heavy atom. The summed E-state index contributed by atoms with van der Waals surface area (Å²) in [6.07, 6.45) is 0. The number of thioether (sulfide) groups is 1. The number of nitrogens with one attached hydrogen (secondary N) is 1. The maximum absolute atomic E-state index is 5.61. The lowest BCUT2D eigenvalue weighted by Gasteiger charge is -2.22. The normalized spacial score (nSPS) is 15.6. The topological polar surface area (TPSA) is 30.5 Å². The Balaban J connectivity index is 1.95. The lowest BCUT2D eigenvalue weighted by Crippen LogP contribution is -2.35. The van der Waals surface area contributed by atoms with Gasteiger partial charge in [-0.25, -0.2) is 0 Å². The van der Waals surface area contributed by atoms with Crippen LogP contribution in [0.2, 0.25) is 0 Å². The molecule has 0 aliphatic carbocycles. The molecular formula is C15H23NO2S. The van der Waals surface area contributed by atoms with Crippen LogP contribution in [0.1, 0.15) is 20.8 Å². The fourth-order valence-corrected chi connectivity index (χ4v) is 3.28. The van der Waals surface area contributed by atoms with Gasteiger partial charge in [-0.2, -0.15) is 0 Å². The molecule has 1 aromatic carbocycles. The second-order valence-electron chi connectivity index (χ2n) is 5.02. The van der Waals surface area contributed by atoms with E-state index < -0.39 is 0 Å². The average Bonchev–Trinajstić information content (AvgIpc) is 2.43. The van der Waals surface area contributed by atoms with Crippen molar-refractivity contribution in [2.45, 2.75) is 31.7 Å². The molecule has 106 valence electrons. The van der Waals surface area contributed by atoms with Crippen molar-refractivity contribution in [2.75, 3.05) is 25.5 Å². The number of ether oxygens (including phenoxy) is 2. The van der Waals surface area contributed by atoms with Crippen LogP contribution in [0.5, 0.6) is 11.5 Å². The van der Waals surface area contributed by atoms with Gasteiger partial charge in [0.05, 0.1) is 0 Å². The zero-order valence-corrected chi connectivity index (χ0v) is 12.8. The monoisotopic (exact) mass is 281 g/mol. The summed E-state index contributed by atoms with van der Waals surface area (Å²) in [7, 11) is 0. The number of fused-ring (bicyclic) bond motifs is 1. The third-order valence-corrected chi connectivity index (χ3v) is 4.33. The van der Waals surface area contributed by atoms with Crippen LogP contribution in [0.3, 0.4) is 0 Å². The molecule has 0 fully saturated rings. The van der Waals surface area contributed by atoms with Crippen molar-refractivity contribution in [3.63, 3.8) is 0 Å². The Hall–Kier alpha value is -0.870. The number of hydrogen-bond donors (Lipinski definition) is 1. The van der Waals surface area contributed by atoms with Gasteiger partial charge in [0.2, 0.25) is 0 Å². The van der Waals surface area contributed by atoms with Gasteiger partial charge in [0.1, 0.15) is 13.2 Å². The fourth-order valence-electron chi connectivity index (χ4n) is 2.05. The third-order valence-electron chi connectivity index (χ3n) is 3.21. The standard InChI is InChI=1S/C15H23NO2S/c1-4-16-13(11(2)3)10-19-12-5-6-14-15(9-12)18-8-7-17-14/h5-6,9,11,13,16H,4,7-8,10H2,1-3H3. The van der Waals surface area contributed by atoms with Gasteiger partial charge in [-0.15, -0.1) is 11.8 Å². The van der Waals surface area contributed by atoms with Crippen LogP contribution >= 0.6 is 11.8 Å². The molecular weight excluding hydrogens is 258 g/mol. The molecule has 19 heavy (non-hydrogen) atoms. The highest BCUT2D eigenvalue weighted by Gasteiger charge is 2.15. The second kappa shape index (κ2) is 7.06. The average molecular weight is 281 g/mol. The summed E-state index contributed by atoms with van der Waals surface area (Å²) in [6.45, 7) is 8.99. The van der Waals surface area contributed by atoms with Gasteiger partial charge in [0.25, 0.3) is 0 Å². The van der Waals surface area contributed by atoms with Crippen LogP contribution in [-0.4, -0.2) is 31.6 Å². The van der Waals surface area contributed by atoms with Crippen LogP contribution in [0, 0.1) is 5.92 Å². The zero-order valence-electron chi connectivity index (χ0n) is 11.9. The van der Waals surface area contributed by atoms with E-state index in [2.05, 4.69) is 38.2 Å². The first-order chi connectivity index (χ1) is 9.20. The SMILES string of the molecule is CCNC(CSc1ccc2c(c1)OCCO2)C(C)C. The summed E-state index contributed by atoms with van der Waals surface area (Å²) in [5.74, 6) is 3.46. The fraction of sp³-hybridized carbons (Fsp3) is 0.600. The Morgan fingerprint density at radius 3 is 2.63 bits per heavy atom. The van der Waals surface area contributed by atoms with E-state index >= 15 is 0 Å². The van der Waals surface area contributed by atoms with E-state index in [1.54, 1.807) is 0 Å². The van der Waals surface area contributed by atoms with Crippen LogP contribution < -0.4 is 14.8 Å². The summed E-state index contributed by atoms with van der Waals surface area (Å²) in [4.78, 5) is 1.24. The molecule has 0 spiro atoms. The molecule has 3 nitrogen and oxygen atoms in total. The second-order valence-corrected chi connectivity index (χ2v) is 6.12. The lowest BCUT2D eigenvalue weighted by atomic mass is 10.1. The molecule has 0 saturated carbocycles. The van der Waals surface area contributed by atoms with E-state index in [4.69, 9.17) is 9.47 Å². The van der Waals surface area contributed by atoms with E-state index in [1.807, 2.05) is 17.8 Å². The van der Waals surface area contributed by atoms with Crippen LogP contribution in [-0.2, 0) is 0 Å². The molecule has 0 amide bonds. The molecule has 0 radical (unpaired) electrons. The summed E-state index contributed by atoms with van der Waals surface area (Å²) in [5, 5.41) is 3.54. The van der Waals surface area contributed by atoms with E-state index in [0.717, 1.165) is 23.8 Å². The van der Waals surface area contributed by atoms with E-state index in [9.17, 15) is 0 Å². The maximum atomic E-state index is 5.61. The molecule has 4 heteroatoms. The third kappa shape index (κ3) is 4.05. The molecule has 0 aromatic heterocycles. The van der Waals surface area contributed by atoms with Crippen molar-refractivity contribution >= 4 is 11.8 Å². The van der Waals surface area contributed by atoms with Crippen LogP contribution in [0.25, 0.3) is 0 Å². The first-order valence-electron chi connectivity index (χ1n) is 6.96. The molecule has 1 aliphatic rings. The van der Waals surface area contributed by atoms with E-state index in [0.29, 0.717) is 25.2 Å². The minimum absolute atomic E-state index is 0.545. The Kier molecular flexibility index (Phi) is 5.40. The molecule has 1 unspecified atom stereocenters. The Morgan fingerprint density at radius 1 is 1.21 bits per heavy atom. The van der Waals surface area contributed by atoms with E-state index in [1.165, 1.54) is 4.90 Å². The van der Waals surface area contributed by atoms with Gasteiger partial charge < -0.3 is 14.8 Å². The number of rotatable bonds is 6. The molecule has 2 rings (SSSR count). The summed E-state index contributed by atoms with van der Waals surface area (Å²) in [6, 6.07) is 6.75. The van der Waals surface area contributed by atoms with Gasteiger partial charge in [-0.05, 0) is 30.7 Å². The van der Waals surface area contributed by atoms with Gasteiger partial charge in [0, 0.05) is 16.7 Å². The Labute approximate surface area is 120 Å². The molecule has 1 aliphatic heterocycles. The molecule has 1 aromatic rings. The minimum atomic E-state index is 0.545. The smallest absolute Gasteiger partial charge is 0.162 e. The predicted octanol–water partition coefficient (Wildman–Crippen LogP) is 3.18. The van der Waals surface area contributed by atoms with Crippen LogP contribution in [0.4, 0.5) is 0 Å². The molecule has 1 heterocycles. The minimum Gasteiger partial charge on any atom is -0.486 e. The van der Waals surface area contributed by atoms with Gasteiger partial charge in [-0.1, -0.05) is 20.8 Å². The molecule has 0 bridgehead atoms. The lowest BCUT2D eigenvalue weighted by molar-refractivity contribution is 0.171. The molecule has 0 saturated heterocycles. The quantitative estimate of drug-likeness (QED) is 0.811. The van der Waals surface area contributed by atoms with Gasteiger partial charge >= 0.3 is 0 Å².